The van der Waals surface area contributed by atoms with Gasteiger partial charge in [0.2, 0.25) is 0 Å². The molecular formula is HCoLiMnNiOZr. The Kier molecular flexibility index (Phi) is 284. The van der Waals surface area contributed by atoms with Crippen LogP contribution in [0, 0.1) is 0 Å². The molecule has 38 valence electrons. The summed E-state index contributed by atoms with van der Waals surface area (Å²) in [4.78, 5) is 0. The third-order valence-electron chi connectivity index (χ3n) is 0. The van der Waals surface area contributed by atoms with E-state index in [1.807, 2.05) is 0 Å². The summed E-state index contributed by atoms with van der Waals surface area (Å²) in [6.07, 6.45) is 0. The molecule has 0 aromatic rings. The quantitative estimate of drug-likeness (QED) is 0.535. The molecule has 0 bridgehead atoms. The molecule has 0 saturated heterocycles. The second-order valence-corrected chi connectivity index (χ2v) is 0. The molecule has 0 spiro atoms. The summed E-state index contributed by atoms with van der Waals surface area (Å²) in [5, 5.41) is 0. The average molecular weight is 288 g/mol. The molecule has 0 aliphatic rings. The van der Waals surface area contributed by atoms with Crippen molar-refractivity contribution in [1.82, 2.24) is 0 Å². The van der Waals surface area contributed by atoms with Crippen molar-refractivity contribution in [3.05, 3.63) is 0 Å². The molecule has 0 fully saturated rings. The van der Waals surface area contributed by atoms with E-state index in [2.05, 4.69) is 0 Å². The molecule has 0 rings (SSSR count). The van der Waals surface area contributed by atoms with Crippen LogP contribution in [0.2, 0.25) is 0 Å². The van der Waals surface area contributed by atoms with Crippen LogP contribution in [-0.4, -0.2) is 18.9 Å². The van der Waals surface area contributed by atoms with E-state index in [1.165, 1.54) is 0 Å². The summed E-state index contributed by atoms with van der Waals surface area (Å²) in [7, 11) is 0. The van der Waals surface area contributed by atoms with Crippen molar-refractivity contribution >= 4 is 18.9 Å². The standard InChI is InChI=1S/Co.Li.Mn.Ni.O.Zr.H. The Bertz CT molecular complexity index is 15.5. The Balaban J connectivity index is -0.000000000833. The van der Waals surface area contributed by atoms with E-state index < -0.39 is 0 Å². The Morgan fingerprint density at radius 3 is 1.17 bits per heavy atom. The summed E-state index contributed by atoms with van der Waals surface area (Å²) in [5.74, 6) is 0. The number of rotatable bonds is 0. The molecule has 0 heterocycles. The van der Waals surface area contributed by atoms with Gasteiger partial charge in [-0.15, -0.1) is 0 Å². The predicted molar refractivity (Wildman–Crippen MR) is 7.84 cm³/mol. The van der Waals surface area contributed by atoms with Gasteiger partial charge in [-0.2, -0.15) is 0 Å². The van der Waals surface area contributed by atoms with Crippen LogP contribution < -0.4 is 0 Å². The zero-order valence-electron chi connectivity index (χ0n) is 1.94. The maximum atomic E-state index is 8.34. The van der Waals surface area contributed by atoms with Crippen LogP contribution in [0.15, 0.2) is 0 Å². The third kappa shape index (κ3) is 29.2. The zero-order valence-corrected chi connectivity index (χ0v) is 7.60. The van der Waals surface area contributed by atoms with Crippen LogP contribution in [0.5, 0.6) is 0 Å². The fourth-order valence-corrected chi connectivity index (χ4v) is 0. The molecule has 0 saturated carbocycles. The molecule has 0 unspecified atom stereocenters. The monoisotopic (exact) mass is 286 g/mol. The summed E-state index contributed by atoms with van der Waals surface area (Å²) < 4.78 is 8.34. The molecule has 6 heteroatoms. The van der Waals surface area contributed by atoms with Crippen molar-refractivity contribution in [2.24, 2.45) is 0 Å². The van der Waals surface area contributed by atoms with E-state index in [1.54, 1.807) is 0 Å². The SMILES string of the molecule is [Co].[LiH].[Mn].[Ni].[O]=[Zr]. The van der Waals surface area contributed by atoms with Gasteiger partial charge in [-0.3, -0.25) is 0 Å². The van der Waals surface area contributed by atoms with Gasteiger partial charge < -0.3 is 0 Å². The van der Waals surface area contributed by atoms with Gasteiger partial charge in [0.1, 0.15) is 0 Å². The van der Waals surface area contributed by atoms with Gasteiger partial charge in [0.25, 0.3) is 0 Å². The number of hydrogen-bond acceptors (Lipinski definition) is 1. The van der Waals surface area contributed by atoms with E-state index in [-0.39, 0.29) is 69.2 Å². The maximum absolute atomic E-state index is 8.34. The second kappa shape index (κ2) is 46.0. The van der Waals surface area contributed by atoms with Gasteiger partial charge in [0.15, 0.2) is 0 Å². The summed E-state index contributed by atoms with van der Waals surface area (Å²) >= 11 is 0.300. The van der Waals surface area contributed by atoms with Crippen molar-refractivity contribution < 1.29 is 77.9 Å². The van der Waals surface area contributed by atoms with Crippen molar-refractivity contribution in [3.63, 3.8) is 0 Å². The molecule has 0 amide bonds. The van der Waals surface area contributed by atoms with Gasteiger partial charge in [-0.25, -0.2) is 0 Å². The molecule has 0 aliphatic carbocycles. The first kappa shape index (κ1) is 37.1. The first-order valence-corrected chi connectivity index (χ1v) is 1.21. The van der Waals surface area contributed by atoms with E-state index >= 15 is 0 Å². The van der Waals surface area contributed by atoms with Crippen LogP contribution in [0.4, 0.5) is 0 Å². The first-order chi connectivity index (χ1) is 1.00. The normalized spacial score (nSPS) is 0.500. The van der Waals surface area contributed by atoms with Crippen molar-refractivity contribution in [2.75, 3.05) is 0 Å². The van der Waals surface area contributed by atoms with Crippen LogP contribution in [0.3, 0.4) is 0 Å². The van der Waals surface area contributed by atoms with E-state index in [0.717, 1.165) is 0 Å². The Morgan fingerprint density at radius 2 is 1.17 bits per heavy atom. The predicted octanol–water partition coefficient (Wildman–Crippen LogP) is -0.777. The van der Waals surface area contributed by atoms with Crippen LogP contribution >= 0.6 is 0 Å². The molecule has 0 aromatic heterocycles. The molecule has 6 heavy (non-hydrogen) atoms. The van der Waals surface area contributed by atoms with Crippen LogP contribution in [0.25, 0.3) is 0 Å². The van der Waals surface area contributed by atoms with Gasteiger partial charge in [0.05, 0.1) is 0 Å². The Morgan fingerprint density at radius 1 is 1.17 bits per heavy atom. The van der Waals surface area contributed by atoms with Crippen LogP contribution in [-0.2, 0) is 77.9 Å². The number of hydrogen-bond donors (Lipinski definition) is 0. The average Bonchev–Trinajstić information content (AvgIpc) is 1.00. The molecule has 0 aliphatic heterocycles. The van der Waals surface area contributed by atoms with Gasteiger partial charge in [-0.05, 0) is 0 Å². The first-order valence-electron chi connectivity index (χ1n) is 0.204. The second-order valence-electron chi connectivity index (χ2n) is 0. The zero-order chi connectivity index (χ0) is 2.00. The summed E-state index contributed by atoms with van der Waals surface area (Å²) in [6, 6.07) is 0. The molecular weight excluding hydrogens is 287 g/mol. The summed E-state index contributed by atoms with van der Waals surface area (Å²) in [5.41, 5.74) is 0. The fraction of sp³-hybridized carbons (Fsp3) is 0. The van der Waals surface area contributed by atoms with E-state index in [0.29, 0.717) is 24.7 Å². The molecule has 2 radical (unpaired) electrons. The molecule has 0 atom stereocenters. The fourth-order valence-electron chi connectivity index (χ4n) is 0. The third-order valence-corrected chi connectivity index (χ3v) is 0. The topological polar surface area (TPSA) is 17.1 Å². The van der Waals surface area contributed by atoms with Gasteiger partial charge in [0, 0.05) is 50.3 Å². The van der Waals surface area contributed by atoms with Crippen molar-refractivity contribution in [3.8, 4) is 0 Å². The van der Waals surface area contributed by atoms with Gasteiger partial charge in [-0.1, -0.05) is 0 Å². The van der Waals surface area contributed by atoms with E-state index in [9.17, 15) is 0 Å². The van der Waals surface area contributed by atoms with Crippen molar-refractivity contribution in [1.29, 1.82) is 0 Å². The minimum absolute atomic E-state index is 0. The van der Waals surface area contributed by atoms with Crippen molar-refractivity contribution in [2.45, 2.75) is 0 Å². The van der Waals surface area contributed by atoms with Gasteiger partial charge >= 0.3 is 46.4 Å². The molecule has 0 aromatic carbocycles. The summed E-state index contributed by atoms with van der Waals surface area (Å²) in [6.45, 7) is 0. The molecule has 0 N–H and O–H groups in total. The van der Waals surface area contributed by atoms with Crippen LogP contribution in [0.1, 0.15) is 0 Å². The molecule has 1 nitrogen and oxygen atoms in total. The Labute approximate surface area is 95.2 Å². The van der Waals surface area contributed by atoms with E-state index in [4.69, 9.17) is 2.81 Å². The Hall–Kier alpha value is 2.80. The minimum atomic E-state index is 0.